The molecule has 188 valence electrons. The molecule has 1 N–H and O–H groups in total. The number of benzene rings is 2. The molecule has 2 aromatic carbocycles. The predicted octanol–water partition coefficient (Wildman–Crippen LogP) is 4.38. The highest BCUT2D eigenvalue weighted by atomic mass is 16.5. The molecule has 4 rings (SSSR count). The van der Waals surface area contributed by atoms with Crippen LogP contribution < -0.4 is 14.8 Å². The average Bonchev–Trinajstić information content (AvgIpc) is 3.27. The number of carbonyl (C=O) groups is 3. The van der Waals surface area contributed by atoms with Crippen LogP contribution in [0.1, 0.15) is 45.4 Å². The second-order valence-corrected chi connectivity index (χ2v) is 9.33. The van der Waals surface area contributed by atoms with Crippen LogP contribution in [0.15, 0.2) is 42.5 Å². The Kier molecular flexibility index (Phi) is 6.39. The quantitative estimate of drug-likeness (QED) is 0.393. The Balaban J connectivity index is 1.61. The van der Waals surface area contributed by atoms with Crippen molar-refractivity contribution in [1.29, 1.82) is 0 Å². The Labute approximate surface area is 210 Å². The lowest BCUT2D eigenvalue weighted by Gasteiger charge is -2.23. The van der Waals surface area contributed by atoms with Gasteiger partial charge in [0.2, 0.25) is 0 Å². The van der Waals surface area contributed by atoms with Gasteiger partial charge in [-0.1, -0.05) is 12.1 Å². The molecule has 0 bridgehead atoms. The minimum absolute atomic E-state index is 0.307. The molecule has 8 nitrogen and oxygen atoms in total. The number of aromatic nitrogens is 1. The molecule has 1 atom stereocenters. The number of amides is 3. The highest BCUT2D eigenvalue weighted by Gasteiger charge is 2.49. The third-order valence-electron chi connectivity index (χ3n) is 7.02. The van der Waals surface area contributed by atoms with Crippen LogP contribution in [0.2, 0.25) is 0 Å². The summed E-state index contributed by atoms with van der Waals surface area (Å²) in [5, 5.41) is 2.74. The lowest BCUT2D eigenvalue weighted by atomic mass is 9.91. The number of hydrogen-bond donors (Lipinski definition) is 1. The molecule has 2 heterocycles. The van der Waals surface area contributed by atoms with E-state index in [1.165, 1.54) is 19.8 Å². The highest BCUT2D eigenvalue weighted by molar-refractivity contribution is 6.11. The Morgan fingerprint density at radius 1 is 0.917 bits per heavy atom. The van der Waals surface area contributed by atoms with Crippen LogP contribution in [0.3, 0.4) is 0 Å². The van der Waals surface area contributed by atoms with Crippen LogP contribution in [0.25, 0.3) is 5.69 Å². The molecular weight excluding hydrogens is 458 g/mol. The molecule has 1 aromatic heterocycles. The lowest BCUT2D eigenvalue weighted by Crippen LogP contribution is -2.41. The van der Waals surface area contributed by atoms with Gasteiger partial charge >= 0.3 is 6.03 Å². The van der Waals surface area contributed by atoms with E-state index in [1.807, 2.05) is 37.5 Å². The normalized spacial score (nSPS) is 17.4. The van der Waals surface area contributed by atoms with Gasteiger partial charge in [0.25, 0.3) is 5.91 Å². The van der Waals surface area contributed by atoms with Crippen molar-refractivity contribution in [2.75, 3.05) is 20.8 Å². The molecule has 36 heavy (non-hydrogen) atoms. The first-order chi connectivity index (χ1) is 17.0. The number of nitrogens with zero attached hydrogens (tertiary/aromatic N) is 2. The number of carbonyl (C=O) groups excluding carboxylic acids is 3. The van der Waals surface area contributed by atoms with Crippen LogP contribution in [0.5, 0.6) is 11.5 Å². The molecule has 8 heteroatoms. The van der Waals surface area contributed by atoms with Crippen molar-refractivity contribution in [3.05, 3.63) is 76.1 Å². The van der Waals surface area contributed by atoms with Crippen LogP contribution in [0, 0.1) is 27.7 Å². The molecule has 1 aliphatic rings. The van der Waals surface area contributed by atoms with E-state index in [0.29, 0.717) is 22.6 Å². The van der Waals surface area contributed by atoms with Crippen molar-refractivity contribution in [2.45, 2.75) is 40.2 Å². The molecule has 3 amide bonds. The number of Topliss-reactive ketones (excluding diaryl/α,β-unsaturated/α-hetero) is 1. The number of nitrogens with one attached hydrogen (secondary N) is 1. The van der Waals surface area contributed by atoms with Gasteiger partial charge in [0, 0.05) is 22.6 Å². The van der Waals surface area contributed by atoms with Crippen molar-refractivity contribution in [3.63, 3.8) is 0 Å². The predicted molar refractivity (Wildman–Crippen MR) is 136 cm³/mol. The number of ether oxygens (including phenoxy) is 2. The Bertz CT molecular complexity index is 1390. The van der Waals surface area contributed by atoms with E-state index in [4.69, 9.17) is 9.47 Å². The van der Waals surface area contributed by atoms with Crippen LogP contribution in [0.4, 0.5) is 4.79 Å². The van der Waals surface area contributed by atoms with Gasteiger partial charge in [0.1, 0.15) is 5.54 Å². The monoisotopic (exact) mass is 489 g/mol. The lowest BCUT2D eigenvalue weighted by molar-refractivity contribution is -0.130. The zero-order chi connectivity index (χ0) is 26.4. The SMILES string of the molecule is COc1ccc(C2(C)NC(=O)N(CC(=O)c3cc(C)n(-c4ccc(C)c(C)c4)c3C)C2=O)cc1OC. The molecule has 1 fully saturated rings. The summed E-state index contributed by atoms with van der Waals surface area (Å²) < 4.78 is 12.6. The third-order valence-corrected chi connectivity index (χ3v) is 7.02. The van der Waals surface area contributed by atoms with Crippen molar-refractivity contribution in [3.8, 4) is 17.2 Å². The summed E-state index contributed by atoms with van der Waals surface area (Å²) >= 11 is 0. The van der Waals surface area contributed by atoms with Crippen molar-refractivity contribution in [2.24, 2.45) is 0 Å². The summed E-state index contributed by atoms with van der Waals surface area (Å²) in [5.41, 5.74) is 4.63. The number of hydrogen-bond acceptors (Lipinski definition) is 5. The topological polar surface area (TPSA) is 89.9 Å². The molecule has 0 spiro atoms. The second-order valence-electron chi connectivity index (χ2n) is 9.33. The molecule has 1 saturated heterocycles. The first kappa shape index (κ1) is 25.0. The van der Waals surface area contributed by atoms with Gasteiger partial charge in [-0.2, -0.15) is 0 Å². The molecule has 0 saturated carbocycles. The number of imide groups is 1. The molecule has 1 aliphatic heterocycles. The standard InChI is InChI=1S/C28H31N3O5/c1-16-8-10-21(12-17(16)2)31-18(3)13-22(19(31)4)23(32)15-30-26(33)28(5,29-27(30)34)20-9-11-24(35-6)25(14-20)36-7/h8-14H,15H2,1-7H3,(H,29,34). The smallest absolute Gasteiger partial charge is 0.325 e. The molecule has 3 aromatic rings. The summed E-state index contributed by atoms with van der Waals surface area (Å²) in [6.07, 6.45) is 0. The van der Waals surface area contributed by atoms with Crippen molar-refractivity contribution >= 4 is 17.7 Å². The zero-order valence-corrected chi connectivity index (χ0v) is 21.7. The minimum atomic E-state index is -1.34. The van der Waals surface area contributed by atoms with Crippen molar-refractivity contribution < 1.29 is 23.9 Å². The molecule has 0 radical (unpaired) electrons. The number of ketones is 1. The average molecular weight is 490 g/mol. The maximum atomic E-state index is 13.4. The van der Waals surface area contributed by atoms with Gasteiger partial charge in [0.05, 0.1) is 20.8 Å². The number of methoxy groups -OCH3 is 2. The summed E-state index contributed by atoms with van der Waals surface area (Å²) in [5.74, 6) is 0.133. The fraction of sp³-hybridized carbons (Fsp3) is 0.321. The highest BCUT2D eigenvalue weighted by Crippen LogP contribution is 2.35. The van der Waals surface area contributed by atoms with E-state index in [-0.39, 0.29) is 12.3 Å². The summed E-state index contributed by atoms with van der Waals surface area (Å²) in [6, 6.07) is 12.4. The second kappa shape index (κ2) is 9.18. The number of urea groups is 1. The van der Waals surface area contributed by atoms with E-state index >= 15 is 0 Å². The number of aryl methyl sites for hydroxylation is 3. The molecule has 0 aliphatic carbocycles. The van der Waals surface area contributed by atoms with Gasteiger partial charge in [-0.05, 0) is 81.6 Å². The largest absolute Gasteiger partial charge is 0.493 e. The molecule has 1 unspecified atom stereocenters. The van der Waals surface area contributed by atoms with Gasteiger partial charge < -0.3 is 19.4 Å². The van der Waals surface area contributed by atoms with Gasteiger partial charge in [-0.15, -0.1) is 0 Å². The van der Waals surface area contributed by atoms with Crippen molar-refractivity contribution in [1.82, 2.24) is 14.8 Å². The van der Waals surface area contributed by atoms with Crippen LogP contribution in [-0.4, -0.2) is 48.0 Å². The van der Waals surface area contributed by atoms with Gasteiger partial charge in [0.15, 0.2) is 17.3 Å². The summed E-state index contributed by atoms with van der Waals surface area (Å²) in [6.45, 7) is 9.16. The minimum Gasteiger partial charge on any atom is -0.493 e. The summed E-state index contributed by atoms with van der Waals surface area (Å²) in [4.78, 5) is 40.6. The first-order valence-corrected chi connectivity index (χ1v) is 11.7. The maximum Gasteiger partial charge on any atom is 0.325 e. The molecular formula is C28H31N3O5. The maximum absolute atomic E-state index is 13.4. The Hall–Kier alpha value is -4.07. The third kappa shape index (κ3) is 4.02. The van der Waals surface area contributed by atoms with E-state index in [1.54, 1.807) is 31.2 Å². The fourth-order valence-electron chi connectivity index (χ4n) is 4.72. The van der Waals surface area contributed by atoms with Crippen LogP contribution >= 0.6 is 0 Å². The Morgan fingerprint density at radius 3 is 2.25 bits per heavy atom. The Morgan fingerprint density at radius 2 is 1.61 bits per heavy atom. The van der Waals surface area contributed by atoms with Crippen LogP contribution in [-0.2, 0) is 10.3 Å². The summed E-state index contributed by atoms with van der Waals surface area (Å²) in [7, 11) is 3.02. The zero-order valence-electron chi connectivity index (χ0n) is 21.7. The first-order valence-electron chi connectivity index (χ1n) is 11.7. The van der Waals surface area contributed by atoms with E-state index in [0.717, 1.165) is 27.5 Å². The van der Waals surface area contributed by atoms with E-state index < -0.39 is 17.5 Å². The van der Waals surface area contributed by atoms with Gasteiger partial charge in [-0.25, -0.2) is 4.79 Å². The van der Waals surface area contributed by atoms with E-state index in [2.05, 4.69) is 18.3 Å². The van der Waals surface area contributed by atoms with E-state index in [9.17, 15) is 14.4 Å². The fourth-order valence-corrected chi connectivity index (χ4v) is 4.72. The number of rotatable bonds is 7. The van der Waals surface area contributed by atoms with Gasteiger partial charge in [-0.3, -0.25) is 14.5 Å².